The highest BCUT2D eigenvalue weighted by molar-refractivity contribution is 6.04. The monoisotopic (exact) mass is 247 g/mol. The number of nitrogens with one attached hydrogen (secondary N) is 1. The fraction of sp³-hybridized carbons (Fsp3) is 0.385. The van der Waals surface area contributed by atoms with Gasteiger partial charge >= 0.3 is 6.03 Å². The lowest BCUT2D eigenvalue weighted by atomic mass is 10.1. The molecule has 1 aromatic rings. The van der Waals surface area contributed by atoms with Crippen molar-refractivity contribution in [2.45, 2.75) is 6.04 Å². The summed E-state index contributed by atoms with van der Waals surface area (Å²) in [6.45, 7) is 1.08. The van der Waals surface area contributed by atoms with Crippen LogP contribution in [0.15, 0.2) is 30.3 Å². The highest BCUT2D eigenvalue weighted by atomic mass is 16.2. The van der Waals surface area contributed by atoms with Gasteiger partial charge in [-0.05, 0) is 19.7 Å². The van der Waals surface area contributed by atoms with Gasteiger partial charge in [-0.2, -0.15) is 0 Å². The van der Waals surface area contributed by atoms with E-state index >= 15 is 0 Å². The standard InChI is InChI=1S/C13H17N3O2/c1-15(2)8-9-16-12(17)11(14-13(16)18)10-6-4-3-5-7-10/h3-7,11H,8-9H2,1-2H3,(H,14,18)/t11-/m0/s1. The van der Waals surface area contributed by atoms with Crippen molar-refractivity contribution in [2.24, 2.45) is 0 Å². The number of likely N-dealkylation sites (N-methyl/N-ethyl adjacent to an activating group) is 1. The third-order valence-electron chi connectivity index (χ3n) is 2.93. The van der Waals surface area contributed by atoms with Gasteiger partial charge in [0.2, 0.25) is 0 Å². The highest BCUT2D eigenvalue weighted by Crippen LogP contribution is 2.21. The molecule has 5 nitrogen and oxygen atoms in total. The minimum Gasteiger partial charge on any atom is -0.322 e. The predicted octanol–water partition coefficient (Wildman–Crippen LogP) is 0.841. The van der Waals surface area contributed by atoms with Gasteiger partial charge in [-0.15, -0.1) is 0 Å². The normalized spacial score (nSPS) is 19.5. The molecule has 1 aliphatic rings. The van der Waals surface area contributed by atoms with E-state index in [4.69, 9.17) is 0 Å². The van der Waals surface area contributed by atoms with E-state index in [0.717, 1.165) is 5.56 Å². The van der Waals surface area contributed by atoms with E-state index in [1.165, 1.54) is 4.90 Å². The van der Waals surface area contributed by atoms with Crippen LogP contribution in [0, 0.1) is 0 Å². The molecule has 1 heterocycles. The zero-order valence-electron chi connectivity index (χ0n) is 10.6. The SMILES string of the molecule is CN(C)CCN1C(=O)N[C@@H](c2ccccc2)C1=O. The first-order chi connectivity index (χ1) is 8.59. The van der Waals surface area contributed by atoms with Crippen molar-refractivity contribution in [1.82, 2.24) is 15.1 Å². The van der Waals surface area contributed by atoms with Crippen molar-refractivity contribution >= 4 is 11.9 Å². The topological polar surface area (TPSA) is 52.6 Å². The minimum absolute atomic E-state index is 0.173. The highest BCUT2D eigenvalue weighted by Gasteiger charge is 2.38. The number of amides is 3. The van der Waals surface area contributed by atoms with Crippen LogP contribution < -0.4 is 5.32 Å². The maximum Gasteiger partial charge on any atom is 0.325 e. The van der Waals surface area contributed by atoms with E-state index in [-0.39, 0.29) is 11.9 Å². The van der Waals surface area contributed by atoms with E-state index in [1.54, 1.807) is 0 Å². The second-order valence-corrected chi connectivity index (χ2v) is 4.59. The first kappa shape index (κ1) is 12.6. The maximum absolute atomic E-state index is 12.2. The van der Waals surface area contributed by atoms with Gasteiger partial charge in [0.25, 0.3) is 5.91 Å². The summed E-state index contributed by atoms with van der Waals surface area (Å²) in [6, 6.07) is 8.44. The number of rotatable bonds is 4. The van der Waals surface area contributed by atoms with Crippen LogP contribution >= 0.6 is 0 Å². The summed E-state index contributed by atoms with van der Waals surface area (Å²) in [7, 11) is 3.82. The second kappa shape index (κ2) is 5.18. The Morgan fingerprint density at radius 1 is 1.22 bits per heavy atom. The number of benzene rings is 1. The molecular weight excluding hydrogens is 230 g/mol. The molecule has 0 aromatic heterocycles. The average Bonchev–Trinajstić information content (AvgIpc) is 2.63. The van der Waals surface area contributed by atoms with Gasteiger partial charge < -0.3 is 10.2 Å². The summed E-state index contributed by atoms with van der Waals surface area (Å²) >= 11 is 0. The van der Waals surface area contributed by atoms with Crippen LogP contribution in [0.2, 0.25) is 0 Å². The Balaban J connectivity index is 2.09. The molecule has 1 atom stereocenters. The Bertz CT molecular complexity index is 445. The molecule has 3 amide bonds. The zero-order chi connectivity index (χ0) is 13.1. The molecule has 0 bridgehead atoms. The summed E-state index contributed by atoms with van der Waals surface area (Å²) in [5.41, 5.74) is 0.822. The van der Waals surface area contributed by atoms with Crippen LogP contribution in [-0.2, 0) is 4.79 Å². The predicted molar refractivity (Wildman–Crippen MR) is 68.0 cm³/mol. The number of urea groups is 1. The molecule has 1 N–H and O–H groups in total. The van der Waals surface area contributed by atoms with Crippen LogP contribution in [0.4, 0.5) is 4.79 Å². The Morgan fingerprint density at radius 2 is 1.89 bits per heavy atom. The van der Waals surface area contributed by atoms with Crippen LogP contribution in [0.5, 0.6) is 0 Å². The average molecular weight is 247 g/mol. The number of hydrogen-bond donors (Lipinski definition) is 1. The van der Waals surface area contributed by atoms with E-state index in [0.29, 0.717) is 13.1 Å². The molecule has 18 heavy (non-hydrogen) atoms. The summed E-state index contributed by atoms with van der Waals surface area (Å²) in [5.74, 6) is -0.173. The van der Waals surface area contributed by atoms with Crippen LogP contribution in [-0.4, -0.2) is 48.9 Å². The third kappa shape index (κ3) is 2.51. The molecule has 5 heteroatoms. The van der Waals surface area contributed by atoms with Crippen molar-refractivity contribution in [3.8, 4) is 0 Å². The number of carbonyl (C=O) groups is 2. The lowest BCUT2D eigenvalue weighted by Crippen LogP contribution is -2.36. The molecule has 0 spiro atoms. The quantitative estimate of drug-likeness (QED) is 0.802. The summed E-state index contributed by atoms with van der Waals surface area (Å²) in [4.78, 5) is 27.1. The third-order valence-corrected chi connectivity index (χ3v) is 2.93. The summed E-state index contributed by atoms with van der Waals surface area (Å²) < 4.78 is 0. The van der Waals surface area contributed by atoms with Crippen molar-refractivity contribution < 1.29 is 9.59 Å². The molecule has 1 fully saturated rings. The molecular formula is C13H17N3O2. The first-order valence-electron chi connectivity index (χ1n) is 5.91. The lowest BCUT2D eigenvalue weighted by Gasteiger charge is -2.16. The van der Waals surface area contributed by atoms with Crippen LogP contribution in [0.1, 0.15) is 11.6 Å². The van der Waals surface area contributed by atoms with Crippen molar-refractivity contribution in [2.75, 3.05) is 27.2 Å². The Kier molecular flexibility index (Phi) is 3.62. The summed E-state index contributed by atoms with van der Waals surface area (Å²) in [5, 5.41) is 2.71. The number of imide groups is 1. The Morgan fingerprint density at radius 3 is 2.50 bits per heavy atom. The van der Waals surface area contributed by atoms with Crippen molar-refractivity contribution in [3.63, 3.8) is 0 Å². The van der Waals surface area contributed by atoms with Gasteiger partial charge in [-0.1, -0.05) is 30.3 Å². The fourth-order valence-electron chi connectivity index (χ4n) is 1.90. The van der Waals surface area contributed by atoms with Gasteiger partial charge in [0.15, 0.2) is 0 Å². The molecule has 96 valence electrons. The molecule has 0 unspecified atom stereocenters. The largest absolute Gasteiger partial charge is 0.325 e. The van der Waals surface area contributed by atoms with Gasteiger partial charge in [-0.25, -0.2) is 4.79 Å². The number of nitrogens with zero attached hydrogens (tertiary/aromatic N) is 2. The second-order valence-electron chi connectivity index (χ2n) is 4.59. The van der Waals surface area contributed by atoms with E-state index < -0.39 is 6.04 Å². The fourth-order valence-corrected chi connectivity index (χ4v) is 1.90. The molecule has 1 aromatic carbocycles. The van der Waals surface area contributed by atoms with Gasteiger partial charge in [0, 0.05) is 13.1 Å². The van der Waals surface area contributed by atoms with Crippen LogP contribution in [0.3, 0.4) is 0 Å². The molecule has 0 aliphatic carbocycles. The van der Waals surface area contributed by atoms with E-state index in [9.17, 15) is 9.59 Å². The molecule has 0 saturated carbocycles. The number of hydrogen-bond acceptors (Lipinski definition) is 3. The van der Waals surface area contributed by atoms with Gasteiger partial charge in [0.05, 0.1) is 0 Å². The van der Waals surface area contributed by atoms with Crippen LogP contribution in [0.25, 0.3) is 0 Å². The molecule has 1 saturated heterocycles. The van der Waals surface area contributed by atoms with Crippen molar-refractivity contribution in [1.29, 1.82) is 0 Å². The van der Waals surface area contributed by atoms with E-state index in [1.807, 2.05) is 49.3 Å². The maximum atomic E-state index is 12.2. The summed E-state index contributed by atoms with van der Waals surface area (Å²) in [6.07, 6.45) is 0. The molecule has 2 rings (SSSR count). The lowest BCUT2D eigenvalue weighted by molar-refractivity contribution is -0.127. The first-order valence-corrected chi connectivity index (χ1v) is 5.91. The Labute approximate surface area is 106 Å². The van der Waals surface area contributed by atoms with E-state index in [2.05, 4.69) is 5.32 Å². The Hall–Kier alpha value is -1.88. The smallest absolute Gasteiger partial charge is 0.322 e. The molecule has 0 radical (unpaired) electrons. The van der Waals surface area contributed by atoms with Gasteiger partial charge in [0.1, 0.15) is 6.04 Å². The zero-order valence-corrected chi connectivity index (χ0v) is 10.6. The number of carbonyl (C=O) groups excluding carboxylic acids is 2. The minimum atomic E-state index is -0.541. The molecule has 1 aliphatic heterocycles. The van der Waals surface area contributed by atoms with Crippen molar-refractivity contribution in [3.05, 3.63) is 35.9 Å². The van der Waals surface area contributed by atoms with Gasteiger partial charge in [-0.3, -0.25) is 9.69 Å².